The van der Waals surface area contributed by atoms with E-state index in [1.54, 1.807) is 4.90 Å². The van der Waals surface area contributed by atoms with Gasteiger partial charge >= 0.3 is 6.18 Å². The molecular formula is C22H29F4N3O5. The van der Waals surface area contributed by atoms with E-state index in [0.717, 1.165) is 25.0 Å². The molecule has 2 heterocycles. The number of carbonyl (C=O) groups excluding carboxylic acids is 2. The van der Waals surface area contributed by atoms with Gasteiger partial charge in [-0.15, -0.1) is 0 Å². The second-order valence-corrected chi connectivity index (χ2v) is 8.61. The number of aliphatic hydroxyl groups excluding tert-OH is 2. The van der Waals surface area contributed by atoms with Crippen LogP contribution in [0.4, 0.5) is 23.2 Å². The SMILES string of the molecule is O=C(NCC1CCN(c2ccc(F)cc2OCC(F)(F)F)CC1)C(O)C(O)C(=O)N1CCCC1. The van der Waals surface area contributed by atoms with Crippen molar-refractivity contribution in [3.8, 4) is 5.75 Å². The lowest BCUT2D eigenvalue weighted by Gasteiger charge is -2.34. The fourth-order valence-electron chi connectivity index (χ4n) is 4.15. The molecular weight excluding hydrogens is 462 g/mol. The molecule has 3 rings (SSSR count). The fourth-order valence-corrected chi connectivity index (χ4v) is 4.15. The Balaban J connectivity index is 1.48. The molecule has 0 saturated carbocycles. The van der Waals surface area contributed by atoms with E-state index >= 15 is 0 Å². The molecule has 2 fully saturated rings. The summed E-state index contributed by atoms with van der Waals surface area (Å²) >= 11 is 0. The molecule has 2 aliphatic rings. The van der Waals surface area contributed by atoms with Crippen molar-refractivity contribution in [2.75, 3.05) is 44.2 Å². The normalized spacial score (nSPS) is 19.1. The van der Waals surface area contributed by atoms with Crippen LogP contribution in [0.5, 0.6) is 5.75 Å². The maximum Gasteiger partial charge on any atom is 0.422 e. The monoisotopic (exact) mass is 491 g/mol. The summed E-state index contributed by atoms with van der Waals surface area (Å²) in [7, 11) is 0. The number of anilines is 1. The van der Waals surface area contributed by atoms with Gasteiger partial charge in [-0.1, -0.05) is 0 Å². The lowest BCUT2D eigenvalue weighted by atomic mass is 9.96. The quantitative estimate of drug-likeness (QED) is 0.476. The van der Waals surface area contributed by atoms with E-state index in [0.29, 0.717) is 44.7 Å². The lowest BCUT2D eigenvalue weighted by Crippen LogP contribution is -2.51. The van der Waals surface area contributed by atoms with Crippen LogP contribution >= 0.6 is 0 Å². The number of halogens is 4. The van der Waals surface area contributed by atoms with Crippen LogP contribution < -0.4 is 15.0 Å². The number of hydrogen-bond acceptors (Lipinski definition) is 6. The predicted octanol–water partition coefficient (Wildman–Crippen LogP) is 1.44. The maximum absolute atomic E-state index is 13.6. The minimum atomic E-state index is -4.55. The number of likely N-dealkylation sites (tertiary alicyclic amines) is 1. The molecule has 190 valence electrons. The first kappa shape index (κ1) is 26.0. The summed E-state index contributed by atoms with van der Waals surface area (Å²) in [6, 6.07) is 3.44. The Morgan fingerprint density at radius 1 is 1.09 bits per heavy atom. The largest absolute Gasteiger partial charge is 0.482 e. The van der Waals surface area contributed by atoms with Crippen molar-refractivity contribution in [2.24, 2.45) is 5.92 Å². The van der Waals surface area contributed by atoms with Gasteiger partial charge in [0.25, 0.3) is 11.8 Å². The molecule has 2 aliphatic heterocycles. The molecule has 2 unspecified atom stereocenters. The van der Waals surface area contributed by atoms with Crippen LogP contribution in [0.25, 0.3) is 0 Å². The first-order valence-electron chi connectivity index (χ1n) is 11.2. The first-order chi connectivity index (χ1) is 16.0. The third-order valence-corrected chi connectivity index (χ3v) is 6.07. The van der Waals surface area contributed by atoms with Crippen molar-refractivity contribution in [3.63, 3.8) is 0 Å². The molecule has 2 saturated heterocycles. The highest BCUT2D eigenvalue weighted by Crippen LogP contribution is 2.33. The zero-order valence-electron chi connectivity index (χ0n) is 18.6. The lowest BCUT2D eigenvalue weighted by molar-refractivity contribution is -0.153. The topological polar surface area (TPSA) is 102 Å². The maximum atomic E-state index is 13.6. The molecule has 2 atom stereocenters. The van der Waals surface area contributed by atoms with Crippen LogP contribution in [0.3, 0.4) is 0 Å². The van der Waals surface area contributed by atoms with Crippen molar-refractivity contribution < 1.29 is 42.1 Å². The van der Waals surface area contributed by atoms with Gasteiger partial charge in [-0.3, -0.25) is 9.59 Å². The van der Waals surface area contributed by atoms with Gasteiger partial charge < -0.3 is 30.1 Å². The molecule has 1 aromatic rings. The van der Waals surface area contributed by atoms with Gasteiger partial charge in [-0.05, 0) is 43.7 Å². The number of hydrogen-bond donors (Lipinski definition) is 3. The Kier molecular flexibility index (Phi) is 8.58. The predicted molar refractivity (Wildman–Crippen MR) is 114 cm³/mol. The van der Waals surface area contributed by atoms with Gasteiger partial charge in [0.1, 0.15) is 11.6 Å². The summed E-state index contributed by atoms with van der Waals surface area (Å²) in [4.78, 5) is 27.6. The molecule has 1 aromatic carbocycles. The van der Waals surface area contributed by atoms with Crippen LogP contribution in [0.2, 0.25) is 0 Å². The number of ether oxygens (including phenoxy) is 1. The van der Waals surface area contributed by atoms with E-state index in [1.165, 1.54) is 11.0 Å². The molecule has 0 aromatic heterocycles. The average Bonchev–Trinajstić information content (AvgIpc) is 3.35. The number of piperidine rings is 1. The van der Waals surface area contributed by atoms with Crippen molar-refractivity contribution in [3.05, 3.63) is 24.0 Å². The standard InChI is InChI=1S/C22H29F4N3O5/c23-15-3-4-16(17(11-15)34-13-22(24,25)26)28-9-5-14(6-10-28)12-27-20(32)18(30)19(31)21(33)29-7-1-2-8-29/h3-4,11,14,18-19,30-31H,1-2,5-10,12-13H2,(H,27,32). The summed E-state index contributed by atoms with van der Waals surface area (Å²) in [6.45, 7) is 0.523. The molecule has 0 bridgehead atoms. The van der Waals surface area contributed by atoms with E-state index in [1.807, 2.05) is 0 Å². The Hall–Kier alpha value is -2.60. The number of aliphatic hydroxyl groups is 2. The molecule has 12 heteroatoms. The third kappa shape index (κ3) is 6.95. The first-order valence-corrected chi connectivity index (χ1v) is 11.2. The second kappa shape index (κ2) is 11.2. The van der Waals surface area contributed by atoms with Crippen LogP contribution in [-0.4, -0.2) is 84.6 Å². The summed E-state index contributed by atoms with van der Waals surface area (Å²) < 4.78 is 55.9. The van der Waals surface area contributed by atoms with Crippen LogP contribution in [0.1, 0.15) is 25.7 Å². The number of benzene rings is 1. The van der Waals surface area contributed by atoms with E-state index in [4.69, 9.17) is 4.74 Å². The molecule has 8 nitrogen and oxygen atoms in total. The summed E-state index contributed by atoms with van der Waals surface area (Å²) in [5.74, 6) is -2.40. The van der Waals surface area contributed by atoms with Gasteiger partial charge in [0.2, 0.25) is 0 Å². The molecule has 3 N–H and O–H groups in total. The van der Waals surface area contributed by atoms with Crippen LogP contribution in [0, 0.1) is 11.7 Å². The van der Waals surface area contributed by atoms with Gasteiger partial charge in [-0.2, -0.15) is 13.2 Å². The Labute approximate surface area is 194 Å². The van der Waals surface area contributed by atoms with Gasteiger partial charge in [-0.25, -0.2) is 4.39 Å². The minimum absolute atomic E-state index is 0.0128. The molecule has 0 spiro atoms. The van der Waals surface area contributed by atoms with Crippen molar-refractivity contribution >= 4 is 17.5 Å². The highest BCUT2D eigenvalue weighted by molar-refractivity contribution is 5.90. The van der Waals surface area contributed by atoms with Crippen molar-refractivity contribution in [1.29, 1.82) is 0 Å². The minimum Gasteiger partial charge on any atom is -0.482 e. The number of rotatable bonds is 8. The summed E-state index contributed by atoms with van der Waals surface area (Å²) in [5.41, 5.74) is 0.354. The molecule has 34 heavy (non-hydrogen) atoms. The van der Waals surface area contributed by atoms with E-state index in [9.17, 15) is 37.4 Å². The van der Waals surface area contributed by atoms with Gasteiger partial charge in [0.15, 0.2) is 18.8 Å². The smallest absolute Gasteiger partial charge is 0.422 e. The van der Waals surface area contributed by atoms with Crippen LogP contribution in [-0.2, 0) is 9.59 Å². The Morgan fingerprint density at radius 2 is 1.74 bits per heavy atom. The van der Waals surface area contributed by atoms with E-state index in [2.05, 4.69) is 5.32 Å². The molecule has 2 amide bonds. The van der Waals surface area contributed by atoms with Gasteiger partial charge in [0, 0.05) is 38.8 Å². The fraction of sp³-hybridized carbons (Fsp3) is 0.636. The number of nitrogens with zero attached hydrogens (tertiary/aromatic N) is 2. The number of carbonyl (C=O) groups is 2. The zero-order chi connectivity index (χ0) is 24.9. The van der Waals surface area contributed by atoms with Gasteiger partial charge in [0.05, 0.1) is 5.69 Å². The van der Waals surface area contributed by atoms with E-state index in [-0.39, 0.29) is 18.2 Å². The van der Waals surface area contributed by atoms with Crippen molar-refractivity contribution in [2.45, 2.75) is 44.1 Å². The number of amides is 2. The highest BCUT2D eigenvalue weighted by Gasteiger charge is 2.35. The third-order valence-electron chi connectivity index (χ3n) is 6.07. The highest BCUT2D eigenvalue weighted by atomic mass is 19.4. The number of nitrogens with one attached hydrogen (secondary N) is 1. The summed E-state index contributed by atoms with van der Waals surface area (Å²) in [5, 5.41) is 22.6. The zero-order valence-corrected chi connectivity index (χ0v) is 18.6. The van der Waals surface area contributed by atoms with E-state index < -0.39 is 42.6 Å². The average molecular weight is 491 g/mol. The Morgan fingerprint density at radius 3 is 2.35 bits per heavy atom. The van der Waals surface area contributed by atoms with Crippen molar-refractivity contribution in [1.82, 2.24) is 10.2 Å². The Bertz CT molecular complexity index is 855. The second-order valence-electron chi connectivity index (χ2n) is 8.61. The molecule has 0 aliphatic carbocycles. The molecule has 0 radical (unpaired) electrons. The summed E-state index contributed by atoms with van der Waals surface area (Å²) in [6.07, 6.45) is -5.48. The van der Waals surface area contributed by atoms with Crippen LogP contribution in [0.15, 0.2) is 18.2 Å². The number of alkyl halides is 3.